The van der Waals surface area contributed by atoms with E-state index >= 15 is 0 Å². The summed E-state index contributed by atoms with van der Waals surface area (Å²) in [6.45, 7) is 0.627. The van der Waals surface area contributed by atoms with Crippen molar-refractivity contribution in [2.45, 2.75) is 13.0 Å². The highest BCUT2D eigenvalue weighted by Gasteiger charge is 2.28. The average molecular weight is 418 g/mol. The molecule has 0 fully saturated rings. The summed E-state index contributed by atoms with van der Waals surface area (Å²) >= 11 is 6.03. The molecule has 0 aliphatic carbocycles. The molecule has 1 aliphatic heterocycles. The van der Waals surface area contributed by atoms with Crippen LogP contribution < -0.4 is 9.62 Å². The van der Waals surface area contributed by atoms with Crippen molar-refractivity contribution in [3.8, 4) is 0 Å². The zero-order chi connectivity index (χ0) is 19.7. The number of hydrogen-bond donors (Lipinski definition) is 1. The lowest BCUT2D eigenvalue weighted by Gasteiger charge is -2.19. The Kier molecular flexibility index (Phi) is 5.03. The first-order chi connectivity index (χ1) is 13.4. The fourth-order valence-corrected chi connectivity index (χ4v) is 5.13. The van der Waals surface area contributed by atoms with Gasteiger partial charge in [-0.1, -0.05) is 35.9 Å². The van der Waals surface area contributed by atoms with E-state index in [1.807, 2.05) is 42.6 Å². The fourth-order valence-electron chi connectivity index (χ4n) is 3.53. The Morgan fingerprint density at radius 3 is 2.82 bits per heavy atom. The highest BCUT2D eigenvalue weighted by atomic mass is 35.5. The zero-order valence-electron chi connectivity index (χ0n) is 15.1. The van der Waals surface area contributed by atoms with Crippen LogP contribution in [0.4, 0.5) is 5.69 Å². The summed E-state index contributed by atoms with van der Waals surface area (Å²) in [5.74, 6) is -0.375. The molecule has 0 atom stereocenters. The van der Waals surface area contributed by atoms with E-state index in [9.17, 15) is 13.2 Å². The first-order valence-corrected chi connectivity index (χ1v) is 11.0. The lowest BCUT2D eigenvalue weighted by molar-refractivity contribution is -0.121. The third-order valence-corrected chi connectivity index (χ3v) is 6.92. The second-order valence-electron chi connectivity index (χ2n) is 6.76. The maximum Gasteiger partial charge on any atom is 0.239 e. The van der Waals surface area contributed by atoms with Gasteiger partial charge in [0.1, 0.15) is 6.54 Å². The molecule has 0 bridgehead atoms. The monoisotopic (exact) mass is 417 g/mol. The summed E-state index contributed by atoms with van der Waals surface area (Å²) in [7, 11) is -3.48. The first-order valence-electron chi connectivity index (χ1n) is 9.03. The Balaban J connectivity index is 1.36. The van der Waals surface area contributed by atoms with Crippen LogP contribution in [0, 0.1) is 0 Å². The minimum Gasteiger partial charge on any atom is -0.353 e. The lowest BCUT2D eigenvalue weighted by atomic mass is 10.2. The summed E-state index contributed by atoms with van der Waals surface area (Å²) in [5, 5.41) is 4.30. The number of nitrogens with zero attached hydrogens (tertiary/aromatic N) is 2. The number of para-hydroxylation sites is 1. The van der Waals surface area contributed by atoms with Gasteiger partial charge in [0.25, 0.3) is 0 Å². The number of aromatic nitrogens is 1. The van der Waals surface area contributed by atoms with Crippen molar-refractivity contribution in [1.29, 1.82) is 0 Å². The van der Waals surface area contributed by atoms with Gasteiger partial charge in [-0.05, 0) is 41.6 Å². The summed E-state index contributed by atoms with van der Waals surface area (Å²) in [6, 6.07) is 14.9. The van der Waals surface area contributed by atoms with Crippen molar-refractivity contribution in [3.05, 3.63) is 65.3 Å². The summed E-state index contributed by atoms with van der Waals surface area (Å²) in [4.78, 5) is 12.3. The highest BCUT2D eigenvalue weighted by molar-refractivity contribution is 7.92. The molecule has 0 spiro atoms. The molecule has 1 N–H and O–H groups in total. The van der Waals surface area contributed by atoms with Crippen LogP contribution in [-0.2, 0) is 27.8 Å². The van der Waals surface area contributed by atoms with Gasteiger partial charge in [0.15, 0.2) is 0 Å². The normalized spacial score (nSPS) is 13.7. The maximum absolute atomic E-state index is 12.7. The summed E-state index contributed by atoms with van der Waals surface area (Å²) < 4.78 is 28.6. The number of benzene rings is 2. The molecule has 8 heteroatoms. The Bertz CT molecular complexity index is 1140. The van der Waals surface area contributed by atoms with E-state index in [2.05, 4.69) is 5.32 Å². The van der Waals surface area contributed by atoms with Gasteiger partial charge in [0, 0.05) is 29.8 Å². The van der Waals surface area contributed by atoms with Gasteiger partial charge in [-0.3, -0.25) is 9.10 Å². The largest absolute Gasteiger partial charge is 0.353 e. The third-order valence-electron chi connectivity index (χ3n) is 4.91. The number of nitrogens with one attached hydrogen (secondary N) is 1. The average Bonchev–Trinajstić information content (AvgIpc) is 3.26. The number of halogens is 1. The molecule has 0 radical (unpaired) electrons. The van der Waals surface area contributed by atoms with Crippen molar-refractivity contribution < 1.29 is 13.2 Å². The Morgan fingerprint density at radius 1 is 1.14 bits per heavy atom. The number of anilines is 1. The molecule has 3 aromatic rings. The Morgan fingerprint density at radius 2 is 1.96 bits per heavy atom. The molecule has 0 unspecified atom stereocenters. The van der Waals surface area contributed by atoms with E-state index in [1.165, 1.54) is 4.31 Å². The van der Waals surface area contributed by atoms with Crippen molar-refractivity contribution >= 4 is 44.1 Å². The number of sulfonamides is 1. The predicted octanol–water partition coefficient (Wildman–Crippen LogP) is 2.80. The Labute approximate surface area is 168 Å². The van der Waals surface area contributed by atoms with Crippen LogP contribution >= 0.6 is 11.6 Å². The summed E-state index contributed by atoms with van der Waals surface area (Å²) in [6.07, 6.45) is 2.53. The SMILES string of the molecule is O=C(Cn1ccc2ccc(Cl)cc21)NCCS(=O)(=O)N1CCc2ccccc21. The quantitative estimate of drug-likeness (QED) is 0.670. The minimum absolute atomic E-state index is 0.0692. The Hall–Kier alpha value is -2.51. The lowest BCUT2D eigenvalue weighted by Crippen LogP contribution is -2.37. The summed E-state index contributed by atoms with van der Waals surface area (Å²) in [5.41, 5.74) is 2.64. The van der Waals surface area contributed by atoms with Gasteiger partial charge in [0.2, 0.25) is 15.9 Å². The van der Waals surface area contributed by atoms with Gasteiger partial charge >= 0.3 is 0 Å². The molecule has 2 aromatic carbocycles. The van der Waals surface area contributed by atoms with Gasteiger partial charge in [-0.15, -0.1) is 0 Å². The van der Waals surface area contributed by atoms with E-state index in [0.717, 1.165) is 22.2 Å². The minimum atomic E-state index is -3.48. The second-order valence-corrected chi connectivity index (χ2v) is 9.21. The number of hydrogen-bond acceptors (Lipinski definition) is 3. The van der Waals surface area contributed by atoms with E-state index < -0.39 is 10.0 Å². The first kappa shape index (κ1) is 18.8. The maximum atomic E-state index is 12.7. The fraction of sp³-hybridized carbons (Fsp3) is 0.250. The van der Waals surface area contributed by atoms with Crippen LogP contribution in [-0.4, -0.2) is 37.7 Å². The van der Waals surface area contributed by atoms with Crippen molar-refractivity contribution in [1.82, 2.24) is 9.88 Å². The molecular formula is C20H20ClN3O3S. The van der Waals surface area contributed by atoms with E-state index in [0.29, 0.717) is 18.0 Å². The van der Waals surface area contributed by atoms with Gasteiger partial charge in [-0.2, -0.15) is 0 Å². The molecule has 146 valence electrons. The van der Waals surface area contributed by atoms with Crippen LogP contribution in [0.2, 0.25) is 5.02 Å². The number of carbonyl (C=O) groups is 1. The molecule has 0 saturated carbocycles. The predicted molar refractivity (Wildman–Crippen MR) is 111 cm³/mol. The molecule has 0 saturated heterocycles. The van der Waals surface area contributed by atoms with E-state index in [4.69, 9.17) is 11.6 Å². The number of carbonyl (C=O) groups excluding carboxylic acids is 1. The van der Waals surface area contributed by atoms with Crippen molar-refractivity contribution in [2.24, 2.45) is 0 Å². The van der Waals surface area contributed by atoms with Crippen molar-refractivity contribution in [3.63, 3.8) is 0 Å². The van der Waals surface area contributed by atoms with E-state index in [-0.39, 0.29) is 24.7 Å². The van der Waals surface area contributed by atoms with Crippen LogP contribution in [0.15, 0.2) is 54.7 Å². The van der Waals surface area contributed by atoms with E-state index in [1.54, 1.807) is 16.7 Å². The highest BCUT2D eigenvalue weighted by Crippen LogP contribution is 2.29. The van der Waals surface area contributed by atoms with Crippen LogP contribution in [0.3, 0.4) is 0 Å². The smallest absolute Gasteiger partial charge is 0.239 e. The number of rotatable bonds is 6. The van der Waals surface area contributed by atoms with Crippen molar-refractivity contribution in [2.75, 3.05) is 23.1 Å². The van der Waals surface area contributed by atoms with Crippen LogP contribution in [0.25, 0.3) is 10.9 Å². The zero-order valence-corrected chi connectivity index (χ0v) is 16.7. The molecule has 28 heavy (non-hydrogen) atoms. The van der Waals surface area contributed by atoms with Gasteiger partial charge in [-0.25, -0.2) is 8.42 Å². The molecule has 1 aromatic heterocycles. The molecular weight excluding hydrogens is 398 g/mol. The van der Waals surface area contributed by atoms with Crippen LogP contribution in [0.5, 0.6) is 0 Å². The van der Waals surface area contributed by atoms with Gasteiger partial charge in [0.05, 0.1) is 11.4 Å². The standard InChI is InChI=1S/C20H20ClN3O3S/c21-17-6-5-16-7-10-23(19(16)13-17)14-20(25)22-9-12-28(26,27)24-11-8-15-3-1-2-4-18(15)24/h1-7,10,13H,8-9,11-12,14H2,(H,22,25). The topological polar surface area (TPSA) is 71.4 Å². The molecule has 1 aliphatic rings. The van der Waals surface area contributed by atoms with Crippen LogP contribution in [0.1, 0.15) is 5.56 Å². The second kappa shape index (κ2) is 7.48. The third kappa shape index (κ3) is 3.72. The van der Waals surface area contributed by atoms with Gasteiger partial charge < -0.3 is 9.88 Å². The molecule has 6 nitrogen and oxygen atoms in total. The number of amides is 1. The molecule has 2 heterocycles. The number of fused-ring (bicyclic) bond motifs is 2. The molecule has 4 rings (SSSR count). The molecule has 1 amide bonds.